The first-order valence-corrected chi connectivity index (χ1v) is 11.5. The van der Waals surface area contributed by atoms with E-state index in [1.54, 1.807) is 0 Å². The second-order valence-corrected chi connectivity index (χ2v) is 8.06. The van der Waals surface area contributed by atoms with Gasteiger partial charge in [-0.25, -0.2) is 0 Å². The summed E-state index contributed by atoms with van der Waals surface area (Å²) in [4.78, 5) is 22.9. The molecule has 0 radical (unpaired) electrons. The summed E-state index contributed by atoms with van der Waals surface area (Å²) < 4.78 is 5.92. The van der Waals surface area contributed by atoms with E-state index >= 15 is 0 Å². The Morgan fingerprint density at radius 1 is 0.897 bits per heavy atom. The molecule has 4 heteroatoms. The summed E-state index contributed by atoms with van der Waals surface area (Å²) in [6, 6.07) is 10.1. The van der Waals surface area contributed by atoms with Crippen molar-refractivity contribution in [2.24, 2.45) is 5.92 Å². The van der Waals surface area contributed by atoms with Crippen molar-refractivity contribution in [3.8, 4) is 0 Å². The van der Waals surface area contributed by atoms with Crippen LogP contribution in [0.15, 0.2) is 30.3 Å². The van der Waals surface area contributed by atoms with Gasteiger partial charge < -0.3 is 9.84 Å². The molecule has 0 aromatic heterocycles. The standard InChI is InChI=1S/C25H40O4/c1-3-5-15-21(4-2)20-23(22-16-11-10-12-17-22)29-25(28)19-14-9-7-6-8-13-18-24(26)27/h10-12,16-17,21,23H,3-9,13-15,18-20H2,1-2H3,(H,26,27). The molecule has 1 aromatic carbocycles. The van der Waals surface area contributed by atoms with E-state index in [4.69, 9.17) is 9.84 Å². The lowest BCUT2D eigenvalue weighted by Crippen LogP contribution is -2.15. The molecule has 164 valence electrons. The van der Waals surface area contributed by atoms with Gasteiger partial charge in [-0.15, -0.1) is 0 Å². The predicted octanol–water partition coefficient (Wildman–Crippen LogP) is 7.08. The summed E-state index contributed by atoms with van der Waals surface area (Å²) in [7, 11) is 0. The molecule has 0 saturated heterocycles. The molecule has 0 heterocycles. The smallest absolute Gasteiger partial charge is 0.306 e. The van der Waals surface area contributed by atoms with Crippen LogP contribution in [0.5, 0.6) is 0 Å². The molecule has 1 aromatic rings. The quantitative estimate of drug-likeness (QED) is 0.222. The number of carbonyl (C=O) groups is 2. The maximum Gasteiger partial charge on any atom is 0.306 e. The molecule has 4 nitrogen and oxygen atoms in total. The average molecular weight is 405 g/mol. The molecular weight excluding hydrogens is 364 g/mol. The van der Waals surface area contributed by atoms with Gasteiger partial charge in [-0.2, -0.15) is 0 Å². The van der Waals surface area contributed by atoms with Gasteiger partial charge in [0.05, 0.1) is 0 Å². The van der Waals surface area contributed by atoms with Crippen molar-refractivity contribution < 1.29 is 19.4 Å². The summed E-state index contributed by atoms with van der Waals surface area (Å²) in [5.41, 5.74) is 1.09. The predicted molar refractivity (Wildman–Crippen MR) is 118 cm³/mol. The Hall–Kier alpha value is -1.84. The maximum atomic E-state index is 12.4. The minimum atomic E-state index is -0.722. The van der Waals surface area contributed by atoms with E-state index in [-0.39, 0.29) is 18.5 Å². The largest absolute Gasteiger partial charge is 0.481 e. The van der Waals surface area contributed by atoms with Crippen LogP contribution in [0.2, 0.25) is 0 Å². The first kappa shape index (κ1) is 25.2. The Kier molecular flexibility index (Phi) is 13.9. The molecule has 0 aliphatic carbocycles. The summed E-state index contributed by atoms with van der Waals surface area (Å²) in [6.45, 7) is 4.44. The fraction of sp³-hybridized carbons (Fsp3) is 0.680. The first-order valence-electron chi connectivity index (χ1n) is 11.5. The van der Waals surface area contributed by atoms with Gasteiger partial charge in [-0.05, 0) is 30.7 Å². The van der Waals surface area contributed by atoms with Crippen LogP contribution >= 0.6 is 0 Å². The number of benzene rings is 1. The highest BCUT2D eigenvalue weighted by molar-refractivity contribution is 5.69. The molecule has 2 unspecified atom stereocenters. The highest BCUT2D eigenvalue weighted by Crippen LogP contribution is 2.30. The lowest BCUT2D eigenvalue weighted by Gasteiger charge is -2.23. The molecule has 2 atom stereocenters. The summed E-state index contributed by atoms with van der Waals surface area (Å²) in [5.74, 6) is -0.241. The topological polar surface area (TPSA) is 63.6 Å². The van der Waals surface area contributed by atoms with Gasteiger partial charge in [0.15, 0.2) is 0 Å². The van der Waals surface area contributed by atoms with Crippen LogP contribution in [0.4, 0.5) is 0 Å². The second-order valence-electron chi connectivity index (χ2n) is 8.06. The third-order valence-electron chi connectivity index (χ3n) is 5.56. The Balaban J connectivity index is 2.40. The number of unbranched alkanes of at least 4 members (excludes halogenated alkanes) is 6. The zero-order valence-electron chi connectivity index (χ0n) is 18.4. The molecule has 0 bridgehead atoms. The van der Waals surface area contributed by atoms with Crippen LogP contribution in [0, 0.1) is 5.92 Å². The van der Waals surface area contributed by atoms with E-state index in [0.29, 0.717) is 12.3 Å². The Morgan fingerprint density at radius 3 is 2.10 bits per heavy atom. The van der Waals surface area contributed by atoms with Gasteiger partial charge in [-0.3, -0.25) is 9.59 Å². The second kappa shape index (κ2) is 16.0. The van der Waals surface area contributed by atoms with E-state index in [0.717, 1.165) is 56.9 Å². The van der Waals surface area contributed by atoms with Gasteiger partial charge in [-0.1, -0.05) is 95.5 Å². The van der Waals surface area contributed by atoms with Crippen LogP contribution in [0.3, 0.4) is 0 Å². The molecule has 0 amide bonds. The third kappa shape index (κ3) is 12.4. The van der Waals surface area contributed by atoms with Crippen LogP contribution in [-0.4, -0.2) is 17.0 Å². The zero-order chi connectivity index (χ0) is 21.3. The molecule has 0 aliphatic heterocycles. The number of hydrogen-bond acceptors (Lipinski definition) is 3. The van der Waals surface area contributed by atoms with E-state index in [1.807, 2.05) is 18.2 Å². The van der Waals surface area contributed by atoms with Gasteiger partial charge in [0, 0.05) is 12.8 Å². The number of ether oxygens (including phenoxy) is 1. The lowest BCUT2D eigenvalue weighted by molar-refractivity contribution is -0.150. The molecule has 0 fully saturated rings. The zero-order valence-corrected chi connectivity index (χ0v) is 18.4. The van der Waals surface area contributed by atoms with Crippen molar-refractivity contribution in [2.75, 3.05) is 0 Å². The summed E-state index contributed by atoms with van der Waals surface area (Å²) >= 11 is 0. The molecule has 0 aliphatic rings. The first-order chi connectivity index (χ1) is 14.1. The van der Waals surface area contributed by atoms with E-state index in [2.05, 4.69) is 26.0 Å². The third-order valence-corrected chi connectivity index (χ3v) is 5.56. The molecule has 29 heavy (non-hydrogen) atoms. The van der Waals surface area contributed by atoms with E-state index in [9.17, 15) is 9.59 Å². The van der Waals surface area contributed by atoms with Gasteiger partial charge in [0.25, 0.3) is 0 Å². The highest BCUT2D eigenvalue weighted by Gasteiger charge is 2.20. The summed E-state index contributed by atoms with van der Waals surface area (Å²) in [6.07, 6.45) is 11.8. The molecule has 1 rings (SSSR count). The van der Waals surface area contributed by atoms with E-state index in [1.165, 1.54) is 19.3 Å². The van der Waals surface area contributed by atoms with Crippen molar-refractivity contribution in [1.29, 1.82) is 0 Å². The fourth-order valence-electron chi connectivity index (χ4n) is 3.67. The number of carbonyl (C=O) groups excluding carboxylic acids is 1. The minimum Gasteiger partial charge on any atom is -0.481 e. The monoisotopic (exact) mass is 404 g/mol. The number of aliphatic carboxylic acids is 1. The lowest BCUT2D eigenvalue weighted by atomic mass is 9.90. The Morgan fingerprint density at radius 2 is 1.52 bits per heavy atom. The van der Waals surface area contributed by atoms with Crippen molar-refractivity contribution in [3.63, 3.8) is 0 Å². The van der Waals surface area contributed by atoms with Crippen molar-refractivity contribution >= 4 is 11.9 Å². The molecule has 1 N–H and O–H groups in total. The summed E-state index contributed by atoms with van der Waals surface area (Å²) in [5, 5.41) is 8.63. The molecule has 0 spiro atoms. The molecular formula is C25H40O4. The van der Waals surface area contributed by atoms with Gasteiger partial charge in [0.2, 0.25) is 0 Å². The number of rotatable bonds is 17. The van der Waals surface area contributed by atoms with Crippen molar-refractivity contribution in [3.05, 3.63) is 35.9 Å². The number of esters is 1. The highest BCUT2D eigenvalue weighted by atomic mass is 16.5. The Bertz CT molecular complexity index is 555. The minimum absolute atomic E-state index is 0.102. The SMILES string of the molecule is CCCCC(CC)CC(OC(=O)CCCCCCCCC(=O)O)c1ccccc1. The Labute approximate surface area is 177 Å². The van der Waals surface area contributed by atoms with Gasteiger partial charge >= 0.3 is 11.9 Å². The van der Waals surface area contributed by atoms with Crippen LogP contribution in [0.1, 0.15) is 109 Å². The average Bonchev–Trinajstić information content (AvgIpc) is 2.72. The number of carboxylic acids is 1. The fourth-order valence-corrected chi connectivity index (χ4v) is 3.67. The number of hydrogen-bond donors (Lipinski definition) is 1. The van der Waals surface area contributed by atoms with Crippen molar-refractivity contribution in [2.45, 2.75) is 103 Å². The van der Waals surface area contributed by atoms with Crippen molar-refractivity contribution in [1.82, 2.24) is 0 Å². The molecule has 0 saturated carbocycles. The van der Waals surface area contributed by atoms with Gasteiger partial charge in [0.1, 0.15) is 6.10 Å². The van der Waals surface area contributed by atoms with Crippen LogP contribution in [-0.2, 0) is 14.3 Å². The normalized spacial score (nSPS) is 13.0. The van der Waals surface area contributed by atoms with Crippen LogP contribution < -0.4 is 0 Å². The number of carboxylic acid groups (broad SMARTS) is 1. The van der Waals surface area contributed by atoms with E-state index < -0.39 is 5.97 Å². The maximum absolute atomic E-state index is 12.4. The van der Waals surface area contributed by atoms with Crippen LogP contribution in [0.25, 0.3) is 0 Å².